The lowest BCUT2D eigenvalue weighted by molar-refractivity contribution is 0.197. The third-order valence-electron chi connectivity index (χ3n) is 5.33. The molecule has 166 valence electrons. The summed E-state index contributed by atoms with van der Waals surface area (Å²) < 4.78 is 11.8. The second kappa shape index (κ2) is 14.8. The largest absolute Gasteiger partial charge is 0.494 e. The molecule has 1 atom stereocenters. The summed E-state index contributed by atoms with van der Waals surface area (Å²) in [6, 6.07) is 8.10. The molecule has 0 radical (unpaired) electrons. The van der Waals surface area contributed by atoms with Crippen molar-refractivity contribution in [2.45, 2.75) is 97.5 Å². The van der Waals surface area contributed by atoms with Crippen LogP contribution in [0.4, 0.5) is 0 Å². The smallest absolute Gasteiger partial charge is 0.232 e. The van der Waals surface area contributed by atoms with Crippen molar-refractivity contribution in [1.82, 2.24) is 9.97 Å². The SMILES string of the molecule is CCCCCCCCOc1ccc(-c2cnc(OC(C)CCCCCC)cn2)cc1. The highest BCUT2D eigenvalue weighted by molar-refractivity contribution is 5.59. The maximum atomic E-state index is 5.90. The zero-order valence-corrected chi connectivity index (χ0v) is 19.2. The maximum Gasteiger partial charge on any atom is 0.232 e. The predicted molar refractivity (Wildman–Crippen MR) is 125 cm³/mol. The first kappa shape index (κ1) is 24.2. The minimum atomic E-state index is 0.171. The molecule has 4 heteroatoms. The van der Waals surface area contributed by atoms with E-state index in [9.17, 15) is 0 Å². The van der Waals surface area contributed by atoms with Crippen LogP contribution in [0.1, 0.15) is 91.4 Å². The van der Waals surface area contributed by atoms with Gasteiger partial charge in [0.2, 0.25) is 5.88 Å². The van der Waals surface area contributed by atoms with Crippen molar-refractivity contribution in [2.75, 3.05) is 6.61 Å². The first-order chi connectivity index (χ1) is 14.7. The number of nitrogens with zero attached hydrogens (tertiary/aromatic N) is 2. The summed E-state index contributed by atoms with van der Waals surface area (Å²) in [5.74, 6) is 1.51. The molecule has 0 aliphatic rings. The van der Waals surface area contributed by atoms with Crippen molar-refractivity contribution < 1.29 is 9.47 Å². The van der Waals surface area contributed by atoms with Crippen LogP contribution in [0.5, 0.6) is 11.6 Å². The molecule has 0 aliphatic carbocycles. The minimum absolute atomic E-state index is 0.171. The van der Waals surface area contributed by atoms with E-state index in [1.807, 2.05) is 24.3 Å². The number of ether oxygens (including phenoxy) is 2. The molecule has 0 fully saturated rings. The topological polar surface area (TPSA) is 44.2 Å². The predicted octanol–water partition coefficient (Wildman–Crippen LogP) is 7.62. The van der Waals surface area contributed by atoms with E-state index in [1.54, 1.807) is 12.4 Å². The van der Waals surface area contributed by atoms with Crippen molar-refractivity contribution in [3.63, 3.8) is 0 Å². The maximum absolute atomic E-state index is 5.90. The Labute approximate surface area is 183 Å². The molecule has 2 rings (SSSR count). The lowest BCUT2D eigenvalue weighted by Crippen LogP contribution is -2.12. The summed E-state index contributed by atoms with van der Waals surface area (Å²) in [5.41, 5.74) is 1.88. The van der Waals surface area contributed by atoms with Gasteiger partial charge in [0, 0.05) is 5.56 Å². The Balaban J connectivity index is 1.73. The van der Waals surface area contributed by atoms with Gasteiger partial charge in [-0.25, -0.2) is 9.97 Å². The summed E-state index contributed by atoms with van der Waals surface area (Å²) in [7, 11) is 0. The van der Waals surface area contributed by atoms with E-state index in [-0.39, 0.29) is 6.10 Å². The molecule has 1 heterocycles. The Morgan fingerprint density at radius 1 is 0.767 bits per heavy atom. The number of hydrogen-bond acceptors (Lipinski definition) is 4. The fourth-order valence-electron chi connectivity index (χ4n) is 3.44. The van der Waals surface area contributed by atoms with Gasteiger partial charge in [0.25, 0.3) is 0 Å². The molecule has 4 nitrogen and oxygen atoms in total. The molecule has 0 spiro atoms. The first-order valence-electron chi connectivity index (χ1n) is 11.9. The standard InChI is InChI=1S/C26H40N2O2/c1-4-6-8-10-11-13-19-29-24-17-15-23(16-18-24)25-20-28-26(21-27-25)30-22(3)14-12-9-7-5-2/h15-18,20-22H,4-14,19H2,1-3H3. The van der Waals surface area contributed by atoms with E-state index in [0.717, 1.165) is 36.5 Å². The highest BCUT2D eigenvalue weighted by Gasteiger charge is 2.07. The summed E-state index contributed by atoms with van der Waals surface area (Å²) in [4.78, 5) is 8.96. The fraction of sp³-hybridized carbons (Fsp3) is 0.615. The van der Waals surface area contributed by atoms with E-state index >= 15 is 0 Å². The van der Waals surface area contributed by atoms with Crippen LogP contribution in [0.3, 0.4) is 0 Å². The lowest BCUT2D eigenvalue weighted by atomic mass is 10.1. The molecule has 30 heavy (non-hydrogen) atoms. The molecular weight excluding hydrogens is 372 g/mol. The van der Waals surface area contributed by atoms with E-state index in [0.29, 0.717) is 5.88 Å². The summed E-state index contributed by atoms with van der Waals surface area (Å²) >= 11 is 0. The van der Waals surface area contributed by atoms with Gasteiger partial charge in [0.1, 0.15) is 5.75 Å². The molecule has 0 saturated carbocycles. The third-order valence-corrected chi connectivity index (χ3v) is 5.33. The highest BCUT2D eigenvalue weighted by Crippen LogP contribution is 2.22. The van der Waals surface area contributed by atoms with E-state index in [1.165, 1.54) is 57.8 Å². The second-order valence-electron chi connectivity index (χ2n) is 8.16. The Kier molecular flexibility index (Phi) is 11.9. The molecule has 0 N–H and O–H groups in total. The Hall–Kier alpha value is -2.10. The van der Waals surface area contributed by atoms with Crippen LogP contribution in [0.25, 0.3) is 11.3 Å². The summed E-state index contributed by atoms with van der Waals surface area (Å²) in [6.45, 7) is 7.37. The van der Waals surface area contributed by atoms with Gasteiger partial charge < -0.3 is 9.47 Å². The number of hydrogen-bond donors (Lipinski definition) is 0. The number of benzene rings is 1. The Morgan fingerprint density at radius 3 is 2.10 bits per heavy atom. The van der Waals surface area contributed by atoms with Gasteiger partial charge in [-0.2, -0.15) is 0 Å². The van der Waals surface area contributed by atoms with Gasteiger partial charge in [0.15, 0.2) is 0 Å². The van der Waals surface area contributed by atoms with Crippen LogP contribution in [-0.4, -0.2) is 22.7 Å². The molecule has 0 aliphatic heterocycles. The van der Waals surface area contributed by atoms with Crippen LogP contribution in [0.2, 0.25) is 0 Å². The van der Waals surface area contributed by atoms with Gasteiger partial charge >= 0.3 is 0 Å². The third kappa shape index (κ3) is 9.60. The zero-order valence-electron chi connectivity index (χ0n) is 19.2. The quantitative estimate of drug-likeness (QED) is 0.266. The van der Waals surface area contributed by atoms with Crippen molar-refractivity contribution >= 4 is 0 Å². The van der Waals surface area contributed by atoms with Gasteiger partial charge in [0.05, 0.1) is 30.8 Å². The summed E-state index contributed by atoms with van der Waals surface area (Å²) in [6.07, 6.45) is 17.4. The Morgan fingerprint density at radius 2 is 1.43 bits per heavy atom. The van der Waals surface area contributed by atoms with Crippen LogP contribution in [0, 0.1) is 0 Å². The van der Waals surface area contributed by atoms with Crippen molar-refractivity contribution in [3.05, 3.63) is 36.7 Å². The van der Waals surface area contributed by atoms with Crippen LogP contribution < -0.4 is 9.47 Å². The number of aromatic nitrogens is 2. The minimum Gasteiger partial charge on any atom is -0.494 e. The van der Waals surface area contributed by atoms with E-state index in [2.05, 4.69) is 30.7 Å². The average Bonchev–Trinajstić information content (AvgIpc) is 2.77. The molecule has 1 aromatic carbocycles. The molecule has 0 amide bonds. The van der Waals surface area contributed by atoms with Gasteiger partial charge in [-0.1, -0.05) is 65.2 Å². The molecule has 1 unspecified atom stereocenters. The number of rotatable bonds is 16. The Bertz CT molecular complexity index is 670. The van der Waals surface area contributed by atoms with Gasteiger partial charge in [-0.15, -0.1) is 0 Å². The second-order valence-corrected chi connectivity index (χ2v) is 8.16. The van der Waals surface area contributed by atoms with Gasteiger partial charge in [-0.05, 0) is 50.5 Å². The van der Waals surface area contributed by atoms with Gasteiger partial charge in [-0.3, -0.25) is 0 Å². The molecular formula is C26H40N2O2. The molecule has 0 saturated heterocycles. The van der Waals surface area contributed by atoms with Crippen LogP contribution in [0.15, 0.2) is 36.7 Å². The fourth-order valence-corrected chi connectivity index (χ4v) is 3.44. The van der Waals surface area contributed by atoms with Crippen molar-refractivity contribution in [2.24, 2.45) is 0 Å². The zero-order chi connectivity index (χ0) is 21.4. The monoisotopic (exact) mass is 412 g/mol. The molecule has 1 aromatic heterocycles. The van der Waals surface area contributed by atoms with Crippen molar-refractivity contribution in [1.29, 1.82) is 0 Å². The average molecular weight is 413 g/mol. The normalized spacial score (nSPS) is 12.0. The number of unbranched alkanes of at least 4 members (excludes halogenated alkanes) is 8. The summed E-state index contributed by atoms with van der Waals surface area (Å²) in [5, 5.41) is 0. The van der Waals surface area contributed by atoms with Crippen LogP contribution in [-0.2, 0) is 0 Å². The van der Waals surface area contributed by atoms with Crippen molar-refractivity contribution in [3.8, 4) is 22.9 Å². The molecule has 2 aromatic rings. The van der Waals surface area contributed by atoms with E-state index in [4.69, 9.17) is 9.47 Å². The molecule has 0 bridgehead atoms. The lowest BCUT2D eigenvalue weighted by Gasteiger charge is -2.13. The van der Waals surface area contributed by atoms with E-state index < -0.39 is 0 Å². The first-order valence-corrected chi connectivity index (χ1v) is 11.9. The van der Waals surface area contributed by atoms with Crippen LogP contribution >= 0.6 is 0 Å². The highest BCUT2D eigenvalue weighted by atomic mass is 16.5.